The highest BCUT2D eigenvalue weighted by Crippen LogP contribution is 2.41. The lowest BCUT2D eigenvalue weighted by Gasteiger charge is -2.44. The van der Waals surface area contributed by atoms with E-state index in [1.165, 1.54) is 5.56 Å². The molecular formula is C27H26N2O5. The fraction of sp³-hybridized carbons (Fsp3) is 0.259. The van der Waals surface area contributed by atoms with Gasteiger partial charge in [0, 0.05) is 30.5 Å². The van der Waals surface area contributed by atoms with E-state index < -0.39 is 0 Å². The van der Waals surface area contributed by atoms with Gasteiger partial charge in [-0.15, -0.1) is 0 Å². The molecule has 0 unspecified atom stereocenters. The zero-order valence-electron chi connectivity index (χ0n) is 19.1. The van der Waals surface area contributed by atoms with Crippen LogP contribution in [0, 0.1) is 5.92 Å². The summed E-state index contributed by atoms with van der Waals surface area (Å²) < 4.78 is 16.3. The van der Waals surface area contributed by atoms with Crippen molar-refractivity contribution in [2.24, 2.45) is 5.92 Å². The van der Waals surface area contributed by atoms with Gasteiger partial charge in [0.25, 0.3) is 11.8 Å². The second-order valence-electron chi connectivity index (χ2n) is 8.52. The predicted molar refractivity (Wildman–Crippen MR) is 128 cm³/mol. The first kappa shape index (κ1) is 21.8. The normalized spacial score (nSPS) is 15.9. The van der Waals surface area contributed by atoms with Crippen molar-refractivity contribution < 1.29 is 23.8 Å². The summed E-state index contributed by atoms with van der Waals surface area (Å²) in [6.45, 7) is 1.25. The maximum absolute atomic E-state index is 13.2. The van der Waals surface area contributed by atoms with E-state index in [-0.39, 0.29) is 30.3 Å². The summed E-state index contributed by atoms with van der Waals surface area (Å²) in [5, 5.41) is 2.76. The van der Waals surface area contributed by atoms with E-state index in [1.54, 1.807) is 32.4 Å². The molecule has 5 rings (SSSR count). The van der Waals surface area contributed by atoms with Crippen molar-refractivity contribution in [1.29, 1.82) is 0 Å². The predicted octanol–water partition coefficient (Wildman–Crippen LogP) is 3.94. The molecule has 0 radical (unpaired) electrons. The summed E-state index contributed by atoms with van der Waals surface area (Å²) in [5.74, 6) is 2.04. The Morgan fingerprint density at radius 3 is 2.47 bits per heavy atom. The molecule has 34 heavy (non-hydrogen) atoms. The Bertz CT molecular complexity index is 1220. The molecule has 1 fully saturated rings. The van der Waals surface area contributed by atoms with Crippen molar-refractivity contribution in [1.82, 2.24) is 4.90 Å². The Balaban J connectivity index is 1.37. The minimum Gasteiger partial charge on any atom is -0.493 e. The van der Waals surface area contributed by atoms with E-state index in [4.69, 9.17) is 14.2 Å². The van der Waals surface area contributed by atoms with Gasteiger partial charge >= 0.3 is 0 Å². The van der Waals surface area contributed by atoms with Crippen LogP contribution in [0.4, 0.5) is 5.69 Å². The topological polar surface area (TPSA) is 77.1 Å². The summed E-state index contributed by atoms with van der Waals surface area (Å²) in [5.41, 5.74) is 3.38. The third kappa shape index (κ3) is 4.05. The Kier molecular flexibility index (Phi) is 5.84. The molecule has 0 saturated carbocycles. The number of carbonyl (C=O) groups is 2. The van der Waals surface area contributed by atoms with Crippen LogP contribution in [0.5, 0.6) is 17.2 Å². The smallest absolute Gasteiger partial charge is 0.262 e. The van der Waals surface area contributed by atoms with Gasteiger partial charge in [-0.25, -0.2) is 0 Å². The van der Waals surface area contributed by atoms with Crippen molar-refractivity contribution in [3.05, 3.63) is 83.4 Å². The number of nitrogens with one attached hydrogen (secondary N) is 1. The highest BCUT2D eigenvalue weighted by molar-refractivity contribution is 6.00. The zero-order valence-corrected chi connectivity index (χ0v) is 19.1. The average Bonchev–Trinajstić information content (AvgIpc) is 2.85. The van der Waals surface area contributed by atoms with Crippen molar-refractivity contribution >= 4 is 17.5 Å². The molecular weight excluding hydrogens is 432 g/mol. The molecule has 1 saturated heterocycles. The Labute approximate surface area is 198 Å². The standard InChI is InChI=1S/C27H26N2O5/c1-32-23-11-8-18(13-24(23)33-2)26(17-6-4-3-5-7-17)20-14-29(15-20)27(31)19-9-10-22-21(12-19)28-25(30)16-34-22/h3-13,20,26H,14-16H2,1-2H3,(H,28,30)/t26-/m1/s1. The summed E-state index contributed by atoms with van der Waals surface area (Å²) in [7, 11) is 3.26. The van der Waals surface area contributed by atoms with E-state index in [2.05, 4.69) is 23.5 Å². The van der Waals surface area contributed by atoms with Gasteiger partial charge in [-0.05, 0) is 41.5 Å². The SMILES string of the molecule is COc1ccc([C@@H](c2ccccc2)C2CN(C(=O)c3ccc4c(c3)NC(=O)CO4)C2)cc1OC. The summed E-state index contributed by atoms with van der Waals surface area (Å²) >= 11 is 0. The molecule has 3 aromatic carbocycles. The Hall–Kier alpha value is -4.00. The number of hydrogen-bond acceptors (Lipinski definition) is 5. The van der Waals surface area contributed by atoms with Crippen LogP contribution in [0.3, 0.4) is 0 Å². The van der Waals surface area contributed by atoms with Crippen molar-refractivity contribution in [3.63, 3.8) is 0 Å². The zero-order chi connectivity index (χ0) is 23.7. The lowest BCUT2D eigenvalue weighted by Crippen LogP contribution is -2.52. The number of amides is 2. The van der Waals surface area contributed by atoms with Gasteiger partial charge in [0.15, 0.2) is 18.1 Å². The number of hydrogen-bond donors (Lipinski definition) is 1. The van der Waals surface area contributed by atoms with Crippen LogP contribution in [-0.2, 0) is 4.79 Å². The molecule has 2 amide bonds. The summed E-state index contributed by atoms with van der Waals surface area (Å²) in [4.78, 5) is 26.6. The van der Waals surface area contributed by atoms with E-state index in [9.17, 15) is 9.59 Å². The number of ether oxygens (including phenoxy) is 3. The molecule has 3 aromatic rings. The second kappa shape index (κ2) is 9.09. The molecule has 2 aliphatic rings. The molecule has 174 valence electrons. The highest BCUT2D eigenvalue weighted by atomic mass is 16.5. The molecule has 2 heterocycles. The first-order valence-electron chi connectivity index (χ1n) is 11.2. The molecule has 0 bridgehead atoms. The monoisotopic (exact) mass is 458 g/mol. The van der Waals surface area contributed by atoms with Crippen LogP contribution < -0.4 is 19.5 Å². The summed E-state index contributed by atoms with van der Waals surface area (Å²) in [6, 6.07) is 21.5. The fourth-order valence-corrected chi connectivity index (χ4v) is 4.73. The molecule has 7 heteroatoms. The first-order chi connectivity index (χ1) is 16.6. The van der Waals surface area contributed by atoms with Crippen LogP contribution in [0.15, 0.2) is 66.7 Å². The number of rotatable bonds is 6. The number of benzene rings is 3. The van der Waals surface area contributed by atoms with Gasteiger partial charge in [-0.2, -0.15) is 0 Å². The van der Waals surface area contributed by atoms with E-state index in [1.807, 2.05) is 35.2 Å². The maximum atomic E-state index is 13.2. The number of methoxy groups -OCH3 is 2. The molecule has 1 N–H and O–H groups in total. The quantitative estimate of drug-likeness (QED) is 0.606. The molecule has 2 aliphatic heterocycles. The highest BCUT2D eigenvalue weighted by Gasteiger charge is 2.38. The minimum atomic E-state index is -0.221. The van der Waals surface area contributed by atoms with Gasteiger partial charge < -0.3 is 24.4 Å². The third-order valence-corrected chi connectivity index (χ3v) is 6.45. The van der Waals surface area contributed by atoms with Crippen molar-refractivity contribution in [3.8, 4) is 17.2 Å². The van der Waals surface area contributed by atoms with Gasteiger partial charge in [-0.3, -0.25) is 9.59 Å². The van der Waals surface area contributed by atoms with Gasteiger partial charge in [-0.1, -0.05) is 36.4 Å². The maximum Gasteiger partial charge on any atom is 0.262 e. The average molecular weight is 459 g/mol. The van der Waals surface area contributed by atoms with Crippen molar-refractivity contribution in [2.75, 3.05) is 39.2 Å². The Morgan fingerprint density at radius 2 is 1.74 bits per heavy atom. The van der Waals surface area contributed by atoms with Crippen molar-refractivity contribution in [2.45, 2.75) is 5.92 Å². The number of anilines is 1. The molecule has 7 nitrogen and oxygen atoms in total. The first-order valence-corrected chi connectivity index (χ1v) is 11.2. The number of fused-ring (bicyclic) bond motifs is 1. The lowest BCUT2D eigenvalue weighted by atomic mass is 9.76. The van der Waals surface area contributed by atoms with Crippen LogP contribution in [-0.4, -0.2) is 50.6 Å². The Morgan fingerprint density at radius 1 is 0.971 bits per heavy atom. The molecule has 0 aromatic heterocycles. The summed E-state index contributed by atoms with van der Waals surface area (Å²) in [6.07, 6.45) is 0. The lowest BCUT2D eigenvalue weighted by molar-refractivity contribution is -0.118. The molecule has 1 atom stereocenters. The van der Waals surface area contributed by atoms with Crippen LogP contribution in [0.25, 0.3) is 0 Å². The van der Waals surface area contributed by atoms with Gasteiger partial charge in [0.2, 0.25) is 0 Å². The van der Waals surface area contributed by atoms with Gasteiger partial charge in [0.05, 0.1) is 19.9 Å². The second-order valence-corrected chi connectivity index (χ2v) is 8.52. The molecule has 0 spiro atoms. The number of carbonyl (C=O) groups excluding carboxylic acids is 2. The van der Waals surface area contributed by atoms with Crippen LogP contribution in [0.1, 0.15) is 27.4 Å². The number of nitrogens with zero attached hydrogens (tertiary/aromatic N) is 1. The van der Waals surface area contributed by atoms with Crippen LogP contribution >= 0.6 is 0 Å². The van der Waals surface area contributed by atoms with Crippen LogP contribution in [0.2, 0.25) is 0 Å². The van der Waals surface area contributed by atoms with E-state index in [0.717, 1.165) is 5.56 Å². The van der Waals surface area contributed by atoms with E-state index >= 15 is 0 Å². The largest absolute Gasteiger partial charge is 0.493 e. The molecule has 0 aliphatic carbocycles. The third-order valence-electron chi connectivity index (χ3n) is 6.45. The number of likely N-dealkylation sites (tertiary alicyclic amines) is 1. The van der Waals surface area contributed by atoms with E-state index in [0.29, 0.717) is 41.6 Å². The minimum absolute atomic E-state index is 0.00881. The van der Waals surface area contributed by atoms with Gasteiger partial charge in [0.1, 0.15) is 5.75 Å². The fourth-order valence-electron chi connectivity index (χ4n) is 4.73.